The van der Waals surface area contributed by atoms with Crippen LogP contribution in [0.25, 0.3) is 6.08 Å². The Morgan fingerprint density at radius 3 is 2.23 bits per heavy atom. The Labute approximate surface area is 180 Å². The highest BCUT2D eigenvalue weighted by atomic mass is 16.7. The number of ether oxygens (including phenoxy) is 3. The van der Waals surface area contributed by atoms with E-state index < -0.39 is 5.97 Å². The van der Waals surface area contributed by atoms with Gasteiger partial charge in [-0.1, -0.05) is 66.7 Å². The molecule has 0 spiro atoms. The largest absolute Gasteiger partial charge is 0.454 e. The zero-order chi connectivity index (χ0) is 21.5. The van der Waals surface area contributed by atoms with E-state index in [2.05, 4.69) is 5.32 Å². The number of benzene rings is 3. The van der Waals surface area contributed by atoms with Crippen molar-refractivity contribution in [3.05, 3.63) is 102 Å². The first kappa shape index (κ1) is 20.2. The SMILES string of the molecule is O=C(COC(=O)C=Cc1ccc2c(c1)OCO2)NC(c1ccccc1)c1ccccc1. The summed E-state index contributed by atoms with van der Waals surface area (Å²) in [6, 6.07) is 24.3. The molecule has 0 aliphatic carbocycles. The van der Waals surface area contributed by atoms with Gasteiger partial charge in [0.1, 0.15) is 0 Å². The molecule has 1 amide bonds. The minimum atomic E-state index is -0.608. The molecule has 0 saturated heterocycles. The lowest BCUT2D eigenvalue weighted by atomic mass is 9.99. The predicted octanol–water partition coefficient (Wildman–Crippen LogP) is 3.88. The molecule has 3 aromatic carbocycles. The third kappa shape index (κ3) is 5.30. The first-order valence-electron chi connectivity index (χ1n) is 9.83. The molecule has 0 bridgehead atoms. The Hall–Kier alpha value is -4.06. The fourth-order valence-electron chi connectivity index (χ4n) is 3.22. The first-order valence-corrected chi connectivity index (χ1v) is 9.83. The highest BCUT2D eigenvalue weighted by Crippen LogP contribution is 2.32. The summed E-state index contributed by atoms with van der Waals surface area (Å²) >= 11 is 0. The Kier molecular flexibility index (Phi) is 6.28. The summed E-state index contributed by atoms with van der Waals surface area (Å²) in [4.78, 5) is 24.5. The normalized spacial score (nSPS) is 12.2. The summed E-state index contributed by atoms with van der Waals surface area (Å²) in [7, 11) is 0. The summed E-state index contributed by atoms with van der Waals surface area (Å²) in [5, 5.41) is 2.94. The molecule has 0 saturated carbocycles. The van der Waals surface area contributed by atoms with Crippen LogP contribution < -0.4 is 14.8 Å². The van der Waals surface area contributed by atoms with Crippen molar-refractivity contribution in [3.63, 3.8) is 0 Å². The van der Waals surface area contributed by atoms with Crippen molar-refractivity contribution < 1.29 is 23.8 Å². The Morgan fingerprint density at radius 2 is 1.55 bits per heavy atom. The van der Waals surface area contributed by atoms with Crippen LogP contribution >= 0.6 is 0 Å². The third-order valence-corrected chi connectivity index (χ3v) is 4.73. The number of fused-ring (bicyclic) bond motifs is 1. The van der Waals surface area contributed by atoms with Crippen molar-refractivity contribution >= 4 is 18.0 Å². The van der Waals surface area contributed by atoms with Crippen LogP contribution in [0, 0.1) is 0 Å². The molecule has 31 heavy (non-hydrogen) atoms. The first-order chi connectivity index (χ1) is 15.2. The number of carbonyl (C=O) groups is 2. The third-order valence-electron chi connectivity index (χ3n) is 4.73. The average Bonchev–Trinajstić information content (AvgIpc) is 3.29. The zero-order valence-corrected chi connectivity index (χ0v) is 16.7. The van der Waals surface area contributed by atoms with Crippen molar-refractivity contribution in [2.75, 3.05) is 13.4 Å². The van der Waals surface area contributed by atoms with E-state index in [4.69, 9.17) is 14.2 Å². The van der Waals surface area contributed by atoms with Gasteiger partial charge >= 0.3 is 5.97 Å². The van der Waals surface area contributed by atoms with Gasteiger partial charge in [0, 0.05) is 6.08 Å². The van der Waals surface area contributed by atoms with E-state index in [1.807, 2.05) is 60.7 Å². The van der Waals surface area contributed by atoms with E-state index in [1.165, 1.54) is 6.08 Å². The minimum absolute atomic E-state index is 0.187. The van der Waals surface area contributed by atoms with Gasteiger partial charge in [-0.3, -0.25) is 4.79 Å². The molecule has 4 rings (SSSR count). The molecule has 0 fully saturated rings. The highest BCUT2D eigenvalue weighted by molar-refractivity contribution is 5.89. The minimum Gasteiger partial charge on any atom is -0.454 e. The van der Waals surface area contributed by atoms with Gasteiger partial charge < -0.3 is 19.5 Å². The Balaban J connectivity index is 1.34. The van der Waals surface area contributed by atoms with Crippen LogP contribution in [0.4, 0.5) is 0 Å². The van der Waals surface area contributed by atoms with Crippen LogP contribution in [0.1, 0.15) is 22.7 Å². The Bertz CT molecular complexity index is 1040. The molecule has 1 heterocycles. The highest BCUT2D eigenvalue weighted by Gasteiger charge is 2.17. The summed E-state index contributed by atoms with van der Waals surface area (Å²) in [6.45, 7) is -0.187. The molecule has 0 radical (unpaired) electrons. The second-order valence-electron chi connectivity index (χ2n) is 6.88. The molecule has 3 aromatic rings. The second kappa shape index (κ2) is 9.63. The van der Waals surface area contributed by atoms with Crippen LogP contribution in [0.15, 0.2) is 84.9 Å². The predicted molar refractivity (Wildman–Crippen MR) is 115 cm³/mol. The lowest BCUT2D eigenvalue weighted by molar-refractivity contribution is -0.143. The standard InChI is InChI=1S/C25H21NO5/c27-23(26-25(19-7-3-1-4-8-19)20-9-5-2-6-10-20)16-29-24(28)14-12-18-11-13-21-22(15-18)31-17-30-21/h1-15,25H,16-17H2,(H,26,27). The van der Waals surface area contributed by atoms with Crippen molar-refractivity contribution in [3.8, 4) is 11.5 Å². The quantitative estimate of drug-likeness (QED) is 0.468. The van der Waals surface area contributed by atoms with Crippen molar-refractivity contribution in [1.29, 1.82) is 0 Å². The van der Waals surface area contributed by atoms with E-state index in [0.29, 0.717) is 11.5 Å². The van der Waals surface area contributed by atoms with E-state index >= 15 is 0 Å². The van der Waals surface area contributed by atoms with E-state index in [-0.39, 0.29) is 25.3 Å². The molecule has 1 N–H and O–H groups in total. The van der Waals surface area contributed by atoms with E-state index in [9.17, 15) is 9.59 Å². The van der Waals surface area contributed by atoms with Crippen LogP contribution in [0.3, 0.4) is 0 Å². The van der Waals surface area contributed by atoms with Gasteiger partial charge in [0.15, 0.2) is 18.1 Å². The van der Waals surface area contributed by atoms with Gasteiger partial charge in [0.05, 0.1) is 6.04 Å². The topological polar surface area (TPSA) is 73.9 Å². The summed E-state index contributed by atoms with van der Waals surface area (Å²) in [6.07, 6.45) is 2.87. The maximum Gasteiger partial charge on any atom is 0.331 e. The number of rotatable bonds is 7. The average molecular weight is 415 g/mol. The molecule has 1 aliphatic heterocycles. The number of amides is 1. The summed E-state index contributed by atoms with van der Waals surface area (Å²) in [5.41, 5.74) is 2.64. The molecule has 0 aromatic heterocycles. The lowest BCUT2D eigenvalue weighted by Crippen LogP contribution is -2.32. The Morgan fingerprint density at radius 1 is 0.903 bits per heavy atom. The number of esters is 1. The van der Waals surface area contributed by atoms with Gasteiger partial charge in [-0.15, -0.1) is 0 Å². The van der Waals surface area contributed by atoms with Crippen molar-refractivity contribution in [2.24, 2.45) is 0 Å². The lowest BCUT2D eigenvalue weighted by Gasteiger charge is -2.19. The van der Waals surface area contributed by atoms with E-state index in [0.717, 1.165) is 16.7 Å². The van der Waals surface area contributed by atoms with Crippen molar-refractivity contribution in [1.82, 2.24) is 5.32 Å². The van der Waals surface area contributed by atoms with Crippen LogP contribution in [-0.2, 0) is 14.3 Å². The van der Waals surface area contributed by atoms with Gasteiger partial charge in [-0.2, -0.15) is 0 Å². The zero-order valence-electron chi connectivity index (χ0n) is 16.7. The maximum absolute atomic E-state index is 12.5. The summed E-state index contributed by atoms with van der Waals surface area (Å²) in [5.74, 6) is 0.303. The van der Waals surface area contributed by atoms with Gasteiger partial charge in [0.25, 0.3) is 5.91 Å². The second-order valence-corrected chi connectivity index (χ2v) is 6.88. The molecule has 0 unspecified atom stereocenters. The van der Waals surface area contributed by atoms with Gasteiger partial charge in [0.2, 0.25) is 6.79 Å². The molecular weight excluding hydrogens is 394 g/mol. The van der Waals surface area contributed by atoms with Crippen LogP contribution in [0.5, 0.6) is 11.5 Å². The van der Waals surface area contributed by atoms with E-state index in [1.54, 1.807) is 24.3 Å². The number of hydrogen-bond acceptors (Lipinski definition) is 5. The molecule has 1 aliphatic rings. The fraction of sp³-hybridized carbons (Fsp3) is 0.120. The smallest absolute Gasteiger partial charge is 0.331 e. The number of carbonyl (C=O) groups excluding carboxylic acids is 2. The molecular formula is C25H21NO5. The van der Waals surface area contributed by atoms with Gasteiger partial charge in [-0.25, -0.2) is 4.79 Å². The van der Waals surface area contributed by atoms with Crippen LogP contribution in [-0.4, -0.2) is 25.3 Å². The van der Waals surface area contributed by atoms with Gasteiger partial charge in [-0.05, 0) is 34.9 Å². The molecule has 6 heteroatoms. The maximum atomic E-state index is 12.5. The molecule has 156 valence electrons. The summed E-state index contributed by atoms with van der Waals surface area (Å²) < 4.78 is 15.7. The monoisotopic (exact) mass is 415 g/mol. The van der Waals surface area contributed by atoms with Crippen molar-refractivity contribution in [2.45, 2.75) is 6.04 Å². The number of hydrogen-bond donors (Lipinski definition) is 1. The number of nitrogens with one attached hydrogen (secondary N) is 1. The molecule has 6 nitrogen and oxygen atoms in total. The fourth-order valence-corrected chi connectivity index (χ4v) is 3.22. The van der Waals surface area contributed by atoms with Crippen LogP contribution in [0.2, 0.25) is 0 Å². The molecule has 0 atom stereocenters.